The highest BCUT2D eigenvalue weighted by Gasteiger charge is 2.26. The van der Waals surface area contributed by atoms with Crippen molar-refractivity contribution < 1.29 is 17.9 Å². The Morgan fingerprint density at radius 1 is 1.13 bits per heavy atom. The average molecular weight is 461 g/mol. The average Bonchev–Trinajstić information content (AvgIpc) is 3.22. The van der Waals surface area contributed by atoms with Crippen LogP contribution in [-0.4, -0.2) is 43.3 Å². The molecular formula is C21H24N4O4S2. The first-order valence-corrected chi connectivity index (χ1v) is 12.4. The molecule has 31 heavy (non-hydrogen) atoms. The van der Waals surface area contributed by atoms with E-state index in [1.54, 1.807) is 0 Å². The fraction of sp³-hybridized carbons (Fsp3) is 0.333. The van der Waals surface area contributed by atoms with E-state index < -0.39 is 10.0 Å². The minimum absolute atomic E-state index is 0.202. The Balaban J connectivity index is 1.42. The smallest absolute Gasteiger partial charge is 0.269 e. The molecule has 2 heterocycles. The van der Waals surface area contributed by atoms with Gasteiger partial charge in [0.1, 0.15) is 11.3 Å². The summed E-state index contributed by atoms with van der Waals surface area (Å²) in [7, 11) is -3.52. The van der Waals surface area contributed by atoms with Gasteiger partial charge in [-0.2, -0.15) is 4.31 Å². The maximum absolute atomic E-state index is 12.7. The molecule has 1 saturated heterocycles. The zero-order chi connectivity index (χ0) is 21.8. The Morgan fingerprint density at radius 2 is 1.87 bits per heavy atom. The summed E-state index contributed by atoms with van der Waals surface area (Å²) < 4.78 is 33.5. The number of piperidine rings is 1. The van der Waals surface area contributed by atoms with E-state index in [9.17, 15) is 13.2 Å². The number of anilines is 1. The number of aromatic nitrogens is 1. The van der Waals surface area contributed by atoms with E-state index in [-0.39, 0.29) is 10.8 Å². The molecule has 4 rings (SSSR count). The van der Waals surface area contributed by atoms with Crippen LogP contribution in [0.3, 0.4) is 0 Å². The van der Waals surface area contributed by atoms with Gasteiger partial charge >= 0.3 is 0 Å². The zero-order valence-corrected chi connectivity index (χ0v) is 18.8. The summed E-state index contributed by atoms with van der Waals surface area (Å²) >= 11 is 1.39. The molecule has 0 aliphatic carbocycles. The number of fused-ring (bicyclic) bond motifs is 1. The Hall–Kier alpha value is -2.69. The van der Waals surface area contributed by atoms with Crippen molar-refractivity contribution in [1.82, 2.24) is 14.7 Å². The van der Waals surface area contributed by atoms with Gasteiger partial charge in [-0.3, -0.25) is 15.6 Å². The lowest BCUT2D eigenvalue weighted by Gasteiger charge is -2.25. The first kappa shape index (κ1) is 21.5. The molecule has 0 saturated carbocycles. The van der Waals surface area contributed by atoms with Gasteiger partial charge in [-0.25, -0.2) is 13.4 Å². The van der Waals surface area contributed by atoms with E-state index in [1.165, 1.54) is 39.9 Å². The molecule has 10 heteroatoms. The van der Waals surface area contributed by atoms with E-state index in [0.717, 1.165) is 29.5 Å². The van der Waals surface area contributed by atoms with Gasteiger partial charge in [0.05, 0.1) is 16.2 Å². The van der Waals surface area contributed by atoms with Crippen molar-refractivity contribution in [2.75, 3.05) is 25.1 Å². The second-order valence-electron chi connectivity index (χ2n) is 7.12. The molecule has 0 bridgehead atoms. The van der Waals surface area contributed by atoms with Gasteiger partial charge in [-0.15, -0.1) is 0 Å². The molecule has 0 unspecified atom stereocenters. The molecule has 2 aromatic carbocycles. The Bertz CT molecular complexity index is 1170. The van der Waals surface area contributed by atoms with Gasteiger partial charge in [-0.05, 0) is 56.2 Å². The first-order chi connectivity index (χ1) is 15.0. The van der Waals surface area contributed by atoms with E-state index >= 15 is 0 Å². The summed E-state index contributed by atoms with van der Waals surface area (Å²) in [5, 5.41) is 0.528. The number of sulfonamides is 1. The zero-order valence-electron chi connectivity index (χ0n) is 17.1. The van der Waals surface area contributed by atoms with Crippen LogP contribution < -0.4 is 15.6 Å². The highest BCUT2D eigenvalue weighted by molar-refractivity contribution is 7.89. The molecule has 1 amide bonds. The number of nitrogens with zero attached hydrogens (tertiary/aromatic N) is 2. The number of para-hydroxylation sites is 1. The number of ether oxygens (including phenoxy) is 1. The third-order valence-corrected chi connectivity index (χ3v) is 7.88. The van der Waals surface area contributed by atoms with E-state index in [0.29, 0.717) is 36.1 Å². The molecular weight excluding hydrogens is 436 g/mol. The predicted molar refractivity (Wildman–Crippen MR) is 121 cm³/mol. The highest BCUT2D eigenvalue weighted by atomic mass is 32.2. The highest BCUT2D eigenvalue weighted by Crippen LogP contribution is 2.32. The summed E-state index contributed by atoms with van der Waals surface area (Å²) in [6, 6.07) is 11.7. The van der Waals surface area contributed by atoms with Crippen molar-refractivity contribution >= 4 is 42.6 Å². The van der Waals surface area contributed by atoms with Gasteiger partial charge in [0.2, 0.25) is 15.2 Å². The second-order valence-corrected chi connectivity index (χ2v) is 10.1. The van der Waals surface area contributed by atoms with Crippen LogP contribution in [-0.2, 0) is 10.0 Å². The molecule has 1 fully saturated rings. The molecule has 164 valence electrons. The predicted octanol–water partition coefficient (Wildman–Crippen LogP) is 3.63. The Labute approximate surface area is 185 Å². The molecule has 1 aromatic heterocycles. The third kappa shape index (κ3) is 4.65. The lowest BCUT2D eigenvalue weighted by Crippen LogP contribution is -2.35. The van der Waals surface area contributed by atoms with E-state index in [1.807, 2.05) is 25.1 Å². The summed E-state index contributed by atoms with van der Waals surface area (Å²) in [6.45, 7) is 3.54. The Kier molecular flexibility index (Phi) is 6.40. The largest absolute Gasteiger partial charge is 0.492 e. The fourth-order valence-corrected chi connectivity index (χ4v) is 5.82. The van der Waals surface area contributed by atoms with Crippen LogP contribution in [0.15, 0.2) is 47.4 Å². The van der Waals surface area contributed by atoms with E-state index in [4.69, 9.17) is 4.74 Å². The number of hydrogen-bond acceptors (Lipinski definition) is 7. The van der Waals surface area contributed by atoms with Crippen molar-refractivity contribution in [2.45, 2.75) is 31.1 Å². The van der Waals surface area contributed by atoms with Crippen LogP contribution in [0.25, 0.3) is 10.2 Å². The lowest BCUT2D eigenvalue weighted by atomic mass is 10.2. The second kappa shape index (κ2) is 9.21. The number of nitrogens with one attached hydrogen (secondary N) is 2. The third-order valence-electron chi connectivity index (χ3n) is 5.03. The molecule has 2 N–H and O–H groups in total. The number of thiazole rings is 1. The summed E-state index contributed by atoms with van der Waals surface area (Å²) in [6.07, 6.45) is 2.81. The van der Waals surface area contributed by atoms with Crippen LogP contribution in [0.4, 0.5) is 5.13 Å². The fourth-order valence-electron chi connectivity index (χ4n) is 3.46. The SMILES string of the molecule is CCOc1cccc2sc(NNC(=O)c3ccc(S(=O)(=O)N4CCCCC4)cc3)nc12. The minimum Gasteiger partial charge on any atom is -0.492 e. The van der Waals surface area contributed by atoms with Crippen LogP contribution in [0.1, 0.15) is 36.5 Å². The minimum atomic E-state index is -3.52. The van der Waals surface area contributed by atoms with Crippen molar-refractivity contribution in [3.05, 3.63) is 48.0 Å². The summed E-state index contributed by atoms with van der Waals surface area (Å²) in [5.74, 6) is 0.312. The number of hydrazine groups is 1. The monoisotopic (exact) mass is 460 g/mol. The number of carbonyl (C=O) groups is 1. The van der Waals surface area contributed by atoms with Crippen molar-refractivity contribution in [1.29, 1.82) is 0 Å². The van der Waals surface area contributed by atoms with Crippen molar-refractivity contribution in [2.24, 2.45) is 0 Å². The van der Waals surface area contributed by atoms with Gasteiger partial charge in [0.15, 0.2) is 0 Å². The van der Waals surface area contributed by atoms with Crippen LogP contribution in [0.5, 0.6) is 5.75 Å². The van der Waals surface area contributed by atoms with Gasteiger partial charge in [-0.1, -0.05) is 23.8 Å². The normalized spacial score (nSPS) is 15.0. The molecule has 1 aliphatic rings. The first-order valence-electron chi connectivity index (χ1n) is 10.2. The number of carbonyl (C=O) groups excluding carboxylic acids is 1. The Morgan fingerprint density at radius 3 is 2.58 bits per heavy atom. The molecule has 0 radical (unpaired) electrons. The number of hydrogen-bond donors (Lipinski definition) is 2. The standard InChI is InChI=1S/C21H24N4O4S2/c1-2-29-17-7-6-8-18-19(17)22-21(30-18)24-23-20(26)15-9-11-16(12-10-15)31(27,28)25-13-4-3-5-14-25/h6-12H,2-5,13-14H2,1H3,(H,22,24)(H,23,26). The maximum atomic E-state index is 12.7. The molecule has 8 nitrogen and oxygen atoms in total. The topological polar surface area (TPSA) is 101 Å². The van der Waals surface area contributed by atoms with Crippen LogP contribution in [0, 0.1) is 0 Å². The van der Waals surface area contributed by atoms with E-state index in [2.05, 4.69) is 15.8 Å². The van der Waals surface area contributed by atoms with Crippen molar-refractivity contribution in [3.8, 4) is 5.75 Å². The van der Waals surface area contributed by atoms with Gasteiger partial charge in [0, 0.05) is 18.7 Å². The molecule has 3 aromatic rings. The van der Waals surface area contributed by atoms with Crippen molar-refractivity contribution in [3.63, 3.8) is 0 Å². The number of benzene rings is 2. The number of rotatable bonds is 7. The number of amides is 1. The van der Waals surface area contributed by atoms with Gasteiger partial charge < -0.3 is 4.74 Å². The van der Waals surface area contributed by atoms with Crippen LogP contribution in [0.2, 0.25) is 0 Å². The lowest BCUT2D eigenvalue weighted by molar-refractivity contribution is 0.0962. The molecule has 1 aliphatic heterocycles. The maximum Gasteiger partial charge on any atom is 0.269 e. The molecule has 0 atom stereocenters. The summed E-state index contributed by atoms with van der Waals surface area (Å²) in [4.78, 5) is 17.2. The molecule has 0 spiro atoms. The van der Waals surface area contributed by atoms with Crippen LogP contribution >= 0.6 is 11.3 Å². The van der Waals surface area contributed by atoms with Gasteiger partial charge in [0.25, 0.3) is 5.91 Å². The summed E-state index contributed by atoms with van der Waals surface area (Å²) in [5.41, 5.74) is 6.51. The quantitative estimate of drug-likeness (QED) is 0.522.